The second kappa shape index (κ2) is 4.14. The van der Waals surface area contributed by atoms with Crippen molar-refractivity contribution in [2.75, 3.05) is 13.7 Å². The molecule has 0 aliphatic heterocycles. The van der Waals surface area contributed by atoms with Gasteiger partial charge >= 0.3 is 0 Å². The van der Waals surface area contributed by atoms with Gasteiger partial charge in [-0.05, 0) is 58.8 Å². The molecule has 1 fully saturated rings. The van der Waals surface area contributed by atoms with Gasteiger partial charge in [0.15, 0.2) is 0 Å². The van der Waals surface area contributed by atoms with E-state index in [1.165, 1.54) is 18.4 Å². The van der Waals surface area contributed by atoms with Crippen LogP contribution in [0, 0.1) is 5.41 Å². The van der Waals surface area contributed by atoms with Crippen LogP contribution >= 0.6 is 15.9 Å². The highest BCUT2D eigenvalue weighted by molar-refractivity contribution is 9.10. The lowest BCUT2D eigenvalue weighted by molar-refractivity contribution is 0.399. The van der Waals surface area contributed by atoms with E-state index in [0.717, 1.165) is 23.2 Å². The van der Waals surface area contributed by atoms with Crippen LogP contribution in [0.15, 0.2) is 22.7 Å². The highest BCUT2D eigenvalue weighted by atomic mass is 79.9. The molecule has 0 radical (unpaired) electrons. The SMILES string of the molecule is COc1c(Br)cccc1CC1(CN)CC1. The van der Waals surface area contributed by atoms with E-state index in [4.69, 9.17) is 10.5 Å². The monoisotopic (exact) mass is 269 g/mol. The molecule has 0 amide bonds. The zero-order valence-corrected chi connectivity index (χ0v) is 10.5. The van der Waals surface area contributed by atoms with Gasteiger partial charge in [0.1, 0.15) is 5.75 Å². The van der Waals surface area contributed by atoms with Crippen molar-refractivity contribution in [1.29, 1.82) is 0 Å². The van der Waals surface area contributed by atoms with Gasteiger partial charge in [0.05, 0.1) is 11.6 Å². The fourth-order valence-corrected chi connectivity index (χ4v) is 2.52. The van der Waals surface area contributed by atoms with E-state index < -0.39 is 0 Å². The van der Waals surface area contributed by atoms with Crippen molar-refractivity contribution in [3.63, 3.8) is 0 Å². The van der Waals surface area contributed by atoms with E-state index in [1.807, 2.05) is 6.07 Å². The summed E-state index contributed by atoms with van der Waals surface area (Å²) in [6.45, 7) is 0.780. The summed E-state index contributed by atoms with van der Waals surface area (Å²) in [7, 11) is 1.71. The standard InChI is InChI=1S/C12H16BrNO/c1-15-11-9(3-2-4-10(11)13)7-12(8-14)5-6-12/h2-4H,5-8,14H2,1H3. The molecule has 1 aromatic carbocycles. The number of para-hydroxylation sites is 1. The van der Waals surface area contributed by atoms with Crippen molar-refractivity contribution in [3.05, 3.63) is 28.2 Å². The minimum absolute atomic E-state index is 0.355. The Morgan fingerprint density at radius 1 is 1.47 bits per heavy atom. The molecule has 1 aliphatic carbocycles. The van der Waals surface area contributed by atoms with E-state index >= 15 is 0 Å². The van der Waals surface area contributed by atoms with E-state index in [1.54, 1.807) is 7.11 Å². The van der Waals surface area contributed by atoms with Crippen LogP contribution in [0.4, 0.5) is 0 Å². The van der Waals surface area contributed by atoms with Gasteiger partial charge in [0, 0.05) is 0 Å². The minimum atomic E-state index is 0.355. The molecule has 0 spiro atoms. The Bertz CT molecular complexity index is 361. The van der Waals surface area contributed by atoms with Gasteiger partial charge in [0.25, 0.3) is 0 Å². The minimum Gasteiger partial charge on any atom is -0.495 e. The van der Waals surface area contributed by atoms with E-state index in [0.29, 0.717) is 5.41 Å². The Morgan fingerprint density at radius 2 is 2.20 bits per heavy atom. The van der Waals surface area contributed by atoms with Crippen LogP contribution in [0.25, 0.3) is 0 Å². The third kappa shape index (κ3) is 2.18. The molecule has 0 atom stereocenters. The third-order valence-electron chi connectivity index (χ3n) is 3.21. The molecule has 2 rings (SSSR count). The van der Waals surface area contributed by atoms with Crippen LogP contribution < -0.4 is 10.5 Å². The smallest absolute Gasteiger partial charge is 0.136 e. The van der Waals surface area contributed by atoms with Crippen molar-refractivity contribution < 1.29 is 4.74 Å². The molecule has 0 saturated heterocycles. The first-order valence-corrected chi connectivity index (χ1v) is 6.01. The van der Waals surface area contributed by atoms with Crippen molar-refractivity contribution in [2.24, 2.45) is 11.1 Å². The van der Waals surface area contributed by atoms with Gasteiger partial charge in [-0.3, -0.25) is 0 Å². The van der Waals surface area contributed by atoms with Gasteiger partial charge < -0.3 is 10.5 Å². The Labute approximate surface area is 98.9 Å². The molecule has 82 valence electrons. The van der Waals surface area contributed by atoms with E-state index in [-0.39, 0.29) is 0 Å². The van der Waals surface area contributed by atoms with Crippen molar-refractivity contribution in [3.8, 4) is 5.75 Å². The summed E-state index contributed by atoms with van der Waals surface area (Å²) in [5, 5.41) is 0. The van der Waals surface area contributed by atoms with Crippen LogP contribution in [0.2, 0.25) is 0 Å². The first-order valence-electron chi connectivity index (χ1n) is 5.22. The Morgan fingerprint density at radius 3 is 2.73 bits per heavy atom. The van der Waals surface area contributed by atoms with Crippen molar-refractivity contribution in [1.82, 2.24) is 0 Å². The third-order valence-corrected chi connectivity index (χ3v) is 3.83. The topological polar surface area (TPSA) is 35.2 Å². The second-order valence-electron chi connectivity index (χ2n) is 4.31. The molecule has 2 N–H and O–H groups in total. The van der Waals surface area contributed by atoms with Crippen LogP contribution in [-0.2, 0) is 6.42 Å². The fourth-order valence-electron chi connectivity index (χ4n) is 1.96. The zero-order valence-electron chi connectivity index (χ0n) is 8.92. The second-order valence-corrected chi connectivity index (χ2v) is 5.17. The summed E-state index contributed by atoms with van der Waals surface area (Å²) in [4.78, 5) is 0. The van der Waals surface area contributed by atoms with Gasteiger partial charge in [-0.2, -0.15) is 0 Å². The highest BCUT2D eigenvalue weighted by Crippen LogP contribution is 2.49. The van der Waals surface area contributed by atoms with Crippen LogP contribution in [0.5, 0.6) is 5.75 Å². The van der Waals surface area contributed by atoms with Crippen LogP contribution in [0.1, 0.15) is 18.4 Å². The maximum atomic E-state index is 5.79. The van der Waals surface area contributed by atoms with Crippen molar-refractivity contribution in [2.45, 2.75) is 19.3 Å². The lowest BCUT2D eigenvalue weighted by Gasteiger charge is -2.15. The summed E-state index contributed by atoms with van der Waals surface area (Å²) in [6.07, 6.45) is 3.53. The van der Waals surface area contributed by atoms with Crippen molar-refractivity contribution >= 4 is 15.9 Å². The van der Waals surface area contributed by atoms with Crippen LogP contribution in [0.3, 0.4) is 0 Å². The lowest BCUT2D eigenvalue weighted by Crippen LogP contribution is -2.18. The van der Waals surface area contributed by atoms with Crippen LogP contribution in [-0.4, -0.2) is 13.7 Å². The maximum absolute atomic E-state index is 5.79. The molecule has 0 aromatic heterocycles. The molecule has 0 heterocycles. The number of halogens is 1. The quantitative estimate of drug-likeness (QED) is 0.913. The average Bonchev–Trinajstić information content (AvgIpc) is 2.99. The average molecular weight is 270 g/mol. The Balaban J connectivity index is 2.24. The molecule has 1 aliphatic rings. The highest BCUT2D eigenvalue weighted by Gasteiger charge is 2.41. The molecule has 2 nitrogen and oxygen atoms in total. The predicted molar refractivity (Wildman–Crippen MR) is 65.1 cm³/mol. The Hall–Kier alpha value is -0.540. The lowest BCUT2D eigenvalue weighted by atomic mass is 9.96. The summed E-state index contributed by atoms with van der Waals surface area (Å²) in [6, 6.07) is 6.18. The predicted octanol–water partition coefficient (Wildman–Crippen LogP) is 2.74. The zero-order chi connectivity index (χ0) is 10.9. The summed E-state index contributed by atoms with van der Waals surface area (Å²) < 4.78 is 6.43. The van der Waals surface area contributed by atoms with Gasteiger partial charge in [-0.25, -0.2) is 0 Å². The first kappa shape index (κ1) is 11.0. The molecular formula is C12H16BrNO. The normalized spacial score (nSPS) is 17.5. The molecule has 0 unspecified atom stereocenters. The number of hydrogen-bond acceptors (Lipinski definition) is 2. The maximum Gasteiger partial charge on any atom is 0.136 e. The summed E-state index contributed by atoms with van der Waals surface area (Å²) >= 11 is 3.50. The molecular weight excluding hydrogens is 254 g/mol. The number of benzene rings is 1. The number of hydrogen-bond donors (Lipinski definition) is 1. The fraction of sp³-hybridized carbons (Fsp3) is 0.500. The van der Waals surface area contributed by atoms with E-state index in [2.05, 4.69) is 28.1 Å². The number of methoxy groups -OCH3 is 1. The largest absolute Gasteiger partial charge is 0.495 e. The van der Waals surface area contributed by atoms with Gasteiger partial charge in [-0.1, -0.05) is 12.1 Å². The molecule has 0 bridgehead atoms. The molecule has 15 heavy (non-hydrogen) atoms. The molecule has 1 aromatic rings. The summed E-state index contributed by atoms with van der Waals surface area (Å²) in [5.74, 6) is 0.956. The number of nitrogens with two attached hydrogens (primary N) is 1. The number of ether oxygens (including phenoxy) is 1. The molecule has 3 heteroatoms. The first-order chi connectivity index (χ1) is 7.21. The van der Waals surface area contributed by atoms with Gasteiger partial charge in [0.2, 0.25) is 0 Å². The van der Waals surface area contributed by atoms with Gasteiger partial charge in [-0.15, -0.1) is 0 Å². The van der Waals surface area contributed by atoms with E-state index in [9.17, 15) is 0 Å². The summed E-state index contributed by atoms with van der Waals surface area (Å²) in [5.41, 5.74) is 7.41. The Kier molecular flexibility index (Phi) is 3.03. The number of rotatable bonds is 4. The molecule has 1 saturated carbocycles.